The number of amides is 1. The van der Waals surface area contributed by atoms with Crippen LogP contribution in [0.15, 0.2) is 18.2 Å². The summed E-state index contributed by atoms with van der Waals surface area (Å²) < 4.78 is 25.1. The lowest BCUT2D eigenvalue weighted by atomic mass is 10.0. The van der Waals surface area contributed by atoms with Crippen LogP contribution in [0.4, 0.5) is 20.8 Å². The van der Waals surface area contributed by atoms with Crippen molar-refractivity contribution in [1.82, 2.24) is 20.5 Å². The minimum Gasteiger partial charge on any atom is -0.478 e. The monoisotopic (exact) mass is 375 g/mol. The van der Waals surface area contributed by atoms with Crippen molar-refractivity contribution >= 4 is 17.7 Å². The molecule has 27 heavy (non-hydrogen) atoms. The number of fused-ring (bicyclic) bond motifs is 7. The van der Waals surface area contributed by atoms with E-state index >= 15 is 0 Å². The second-order valence-electron chi connectivity index (χ2n) is 6.83. The fourth-order valence-corrected chi connectivity index (χ4v) is 3.44. The lowest BCUT2D eigenvalue weighted by Gasteiger charge is -2.13. The molecule has 6 bridgehead atoms. The van der Waals surface area contributed by atoms with Gasteiger partial charge in [-0.1, -0.05) is 0 Å². The summed E-state index contributed by atoms with van der Waals surface area (Å²) in [5, 5.41) is 12.9. The number of nitrogens with one attached hydrogen (secondary N) is 3. The van der Waals surface area contributed by atoms with Gasteiger partial charge in [-0.15, -0.1) is 0 Å². The fourth-order valence-electron chi connectivity index (χ4n) is 3.44. The third-order valence-corrected chi connectivity index (χ3v) is 4.85. The van der Waals surface area contributed by atoms with Gasteiger partial charge in [-0.25, -0.2) is 9.18 Å². The quantitative estimate of drug-likeness (QED) is 0.654. The van der Waals surface area contributed by atoms with E-state index in [4.69, 9.17) is 9.47 Å². The van der Waals surface area contributed by atoms with E-state index in [0.717, 1.165) is 37.8 Å². The number of alkyl carbamates (subject to hydrolysis) is 1. The third-order valence-electron chi connectivity index (χ3n) is 4.85. The summed E-state index contributed by atoms with van der Waals surface area (Å²) >= 11 is 0. The smallest absolute Gasteiger partial charge is 0.407 e. The van der Waals surface area contributed by atoms with Crippen LogP contribution in [0.1, 0.15) is 43.7 Å². The highest BCUT2D eigenvalue weighted by Gasteiger charge is 2.30. The minimum atomic E-state index is -0.474. The molecule has 0 unspecified atom stereocenters. The molecule has 2 atom stereocenters. The number of rotatable bonds is 0. The van der Waals surface area contributed by atoms with E-state index in [2.05, 4.69) is 25.8 Å². The summed E-state index contributed by atoms with van der Waals surface area (Å²) in [4.78, 5) is 16.1. The van der Waals surface area contributed by atoms with Crippen LogP contribution in [0.3, 0.4) is 0 Å². The van der Waals surface area contributed by atoms with Crippen molar-refractivity contribution in [2.24, 2.45) is 0 Å². The lowest BCUT2D eigenvalue weighted by molar-refractivity contribution is 0.0999. The Balaban J connectivity index is 1.54. The van der Waals surface area contributed by atoms with E-state index in [1.165, 1.54) is 12.1 Å². The molecule has 144 valence electrons. The molecule has 0 aromatic carbocycles. The maximum Gasteiger partial charge on any atom is 0.407 e. The highest BCUT2D eigenvalue weighted by Crippen LogP contribution is 2.36. The van der Waals surface area contributed by atoms with E-state index in [1.54, 1.807) is 0 Å². The summed E-state index contributed by atoms with van der Waals surface area (Å²) in [5.41, 5.74) is 0.929. The minimum absolute atomic E-state index is 0.0755. The summed E-state index contributed by atoms with van der Waals surface area (Å²) in [7, 11) is 0. The molecule has 9 heteroatoms. The van der Waals surface area contributed by atoms with Crippen molar-refractivity contribution in [3.63, 3.8) is 0 Å². The van der Waals surface area contributed by atoms with E-state index in [-0.39, 0.29) is 23.9 Å². The number of pyridine rings is 1. The molecule has 4 rings (SSSR count). The van der Waals surface area contributed by atoms with Crippen LogP contribution in [0.2, 0.25) is 0 Å². The average molecular weight is 375 g/mol. The van der Waals surface area contributed by atoms with Crippen LogP contribution in [0.25, 0.3) is 0 Å². The Bertz CT molecular complexity index is 812. The van der Waals surface area contributed by atoms with Gasteiger partial charge in [0.05, 0.1) is 6.61 Å². The molecule has 2 aromatic rings. The zero-order valence-corrected chi connectivity index (χ0v) is 14.8. The molecule has 3 heterocycles. The van der Waals surface area contributed by atoms with Crippen LogP contribution in [-0.2, 0) is 4.74 Å². The largest absolute Gasteiger partial charge is 0.478 e. The van der Waals surface area contributed by atoms with Crippen molar-refractivity contribution < 1.29 is 18.7 Å². The lowest BCUT2D eigenvalue weighted by Crippen LogP contribution is -2.29. The molecule has 0 saturated heterocycles. The molecule has 1 amide bonds. The molecule has 3 N–H and O–H groups in total. The zero-order chi connectivity index (χ0) is 18.6. The Morgan fingerprint density at radius 3 is 3.07 bits per heavy atom. The zero-order valence-electron chi connectivity index (χ0n) is 14.8. The Morgan fingerprint density at radius 1 is 1.22 bits per heavy atom. The fraction of sp³-hybridized carbons (Fsp3) is 0.500. The van der Waals surface area contributed by atoms with Crippen molar-refractivity contribution in [1.29, 1.82) is 0 Å². The van der Waals surface area contributed by atoms with Gasteiger partial charge < -0.3 is 20.1 Å². The van der Waals surface area contributed by atoms with Crippen LogP contribution in [0.5, 0.6) is 5.88 Å². The van der Waals surface area contributed by atoms with Crippen LogP contribution >= 0.6 is 0 Å². The number of halogens is 1. The highest BCUT2D eigenvalue weighted by molar-refractivity contribution is 5.67. The Labute approximate surface area is 155 Å². The number of nitrogens with zero attached hydrogens (tertiary/aromatic N) is 2. The maximum absolute atomic E-state index is 14.1. The summed E-state index contributed by atoms with van der Waals surface area (Å²) in [6.45, 7) is 0.942. The first kappa shape index (κ1) is 17.6. The predicted molar refractivity (Wildman–Crippen MR) is 95.7 cm³/mol. The van der Waals surface area contributed by atoms with Gasteiger partial charge in [-0.3, -0.25) is 5.10 Å². The number of anilines is 2. The van der Waals surface area contributed by atoms with Crippen LogP contribution < -0.4 is 15.4 Å². The predicted octanol–water partition coefficient (Wildman–Crippen LogP) is 3.22. The van der Waals surface area contributed by atoms with Gasteiger partial charge in [0.2, 0.25) is 5.88 Å². The van der Waals surface area contributed by atoms with Gasteiger partial charge in [0.15, 0.2) is 17.5 Å². The maximum atomic E-state index is 14.1. The number of hydrogen-bond acceptors (Lipinski definition) is 6. The van der Waals surface area contributed by atoms with E-state index in [0.29, 0.717) is 24.8 Å². The number of H-pyrrole nitrogens is 1. The van der Waals surface area contributed by atoms with E-state index < -0.39 is 5.82 Å². The van der Waals surface area contributed by atoms with E-state index in [1.807, 2.05) is 6.07 Å². The summed E-state index contributed by atoms with van der Waals surface area (Å²) in [5.74, 6) is 0.640. The summed E-state index contributed by atoms with van der Waals surface area (Å²) in [6.07, 6.45) is 3.46. The highest BCUT2D eigenvalue weighted by atomic mass is 19.1. The van der Waals surface area contributed by atoms with Crippen LogP contribution in [0, 0.1) is 5.82 Å². The third kappa shape index (κ3) is 4.29. The Hall–Kier alpha value is -2.84. The molecule has 0 spiro atoms. The van der Waals surface area contributed by atoms with E-state index in [9.17, 15) is 9.18 Å². The van der Waals surface area contributed by atoms with Gasteiger partial charge in [-0.05, 0) is 38.2 Å². The molecular weight excluding hydrogens is 353 g/mol. The number of carbonyl (C=O) groups is 1. The van der Waals surface area contributed by atoms with Crippen molar-refractivity contribution in [2.45, 2.75) is 44.1 Å². The molecule has 2 aliphatic rings. The standard InChI is InChI=1S/C18H22FN5O3/c19-13-5-6-16-22-17(13)21-15-10-14(23-24-15)11-3-4-12(9-11)27-18(25)20-7-1-2-8-26-16/h5-6,10-12H,1-4,7-9H2,(H,20,25)(H2,21,22,23,24)/t11-,12+/m0/s1. The average Bonchev–Trinajstić information content (AvgIpc) is 3.29. The van der Waals surface area contributed by atoms with Gasteiger partial charge in [0, 0.05) is 30.3 Å². The number of ether oxygens (including phenoxy) is 2. The molecule has 8 nitrogen and oxygen atoms in total. The molecule has 0 radical (unpaired) electrons. The molecule has 1 fully saturated rings. The van der Waals surface area contributed by atoms with Gasteiger partial charge in [-0.2, -0.15) is 10.1 Å². The van der Waals surface area contributed by atoms with Gasteiger partial charge in [0.25, 0.3) is 0 Å². The SMILES string of the molecule is O=C1NCCCCOc2ccc(F)c(n2)Nc2cc([nH]n2)[C@H]2CC[C@H](C2)O1. The second-order valence-corrected chi connectivity index (χ2v) is 6.83. The molecular formula is C18H22FN5O3. The number of aromatic amines is 1. The van der Waals surface area contributed by atoms with Gasteiger partial charge in [0.1, 0.15) is 6.10 Å². The second kappa shape index (κ2) is 7.81. The topological polar surface area (TPSA) is 101 Å². The van der Waals surface area contributed by atoms with Crippen molar-refractivity contribution in [3.8, 4) is 5.88 Å². The molecule has 2 aromatic heterocycles. The first-order valence-electron chi connectivity index (χ1n) is 9.23. The van der Waals surface area contributed by atoms with Crippen LogP contribution in [-0.4, -0.2) is 40.5 Å². The Morgan fingerprint density at radius 2 is 2.15 bits per heavy atom. The number of carbonyl (C=O) groups excluding carboxylic acids is 1. The molecule has 1 aliphatic heterocycles. The first-order valence-corrected chi connectivity index (χ1v) is 9.23. The number of aromatic nitrogens is 3. The first-order chi connectivity index (χ1) is 13.2. The molecule has 1 saturated carbocycles. The normalized spacial score (nSPS) is 23.2. The Kier molecular flexibility index (Phi) is 5.08. The van der Waals surface area contributed by atoms with Crippen molar-refractivity contribution in [2.75, 3.05) is 18.5 Å². The number of hydrogen-bond donors (Lipinski definition) is 3. The summed E-state index contributed by atoms with van der Waals surface area (Å²) in [6, 6.07) is 4.64. The van der Waals surface area contributed by atoms with Gasteiger partial charge >= 0.3 is 6.09 Å². The molecule has 1 aliphatic carbocycles. The van der Waals surface area contributed by atoms with Crippen molar-refractivity contribution in [3.05, 3.63) is 29.7 Å².